The van der Waals surface area contributed by atoms with Gasteiger partial charge in [0.15, 0.2) is 0 Å². The van der Waals surface area contributed by atoms with Gasteiger partial charge in [-0.1, -0.05) is 68.1 Å². The predicted octanol–water partition coefficient (Wildman–Crippen LogP) is -0.0361. The first-order valence-corrected chi connectivity index (χ1v) is 7.62. The second kappa shape index (κ2) is 11.1. The van der Waals surface area contributed by atoms with E-state index in [9.17, 15) is 0 Å². The Morgan fingerprint density at radius 3 is 2.30 bits per heavy atom. The van der Waals surface area contributed by atoms with Crippen molar-refractivity contribution in [3.63, 3.8) is 0 Å². The molecule has 0 amide bonds. The van der Waals surface area contributed by atoms with E-state index in [1.165, 1.54) is 53.1 Å². The molecule has 0 nitrogen and oxygen atoms in total. The van der Waals surface area contributed by atoms with Crippen molar-refractivity contribution in [2.75, 3.05) is 0 Å². The van der Waals surface area contributed by atoms with Gasteiger partial charge in [-0.2, -0.15) is 6.07 Å². The predicted molar refractivity (Wildman–Crippen MR) is 88.2 cm³/mol. The van der Waals surface area contributed by atoms with Gasteiger partial charge in [0.25, 0.3) is 0 Å². The van der Waals surface area contributed by atoms with Crippen molar-refractivity contribution in [2.24, 2.45) is 0 Å². The van der Waals surface area contributed by atoms with Crippen molar-refractivity contribution in [1.82, 2.24) is 0 Å². The maximum Gasteiger partial charge on any atom is 3.00 e. The van der Waals surface area contributed by atoms with Crippen LogP contribution in [0, 0.1) is 0 Å². The monoisotopic (exact) mass is 421 g/mol. The largest absolute Gasteiger partial charge is 3.00 e. The van der Waals surface area contributed by atoms with Crippen LogP contribution in [0.2, 0.25) is 0 Å². The van der Waals surface area contributed by atoms with Crippen LogP contribution in [0.5, 0.6) is 0 Å². The zero-order valence-corrected chi connectivity index (χ0v) is 17.3. The number of benzene rings is 2. The van der Waals surface area contributed by atoms with E-state index in [0.29, 0.717) is 0 Å². The minimum absolute atomic E-state index is 0. The molecule has 3 aromatic rings. The molecule has 0 aliphatic carbocycles. The van der Waals surface area contributed by atoms with Gasteiger partial charge >= 0.3 is 26.2 Å². The average Bonchev–Trinajstić information content (AvgIpc) is 2.91. The summed E-state index contributed by atoms with van der Waals surface area (Å²) in [6.45, 7) is 2.26. The molecule has 1 radical (unpaired) electrons. The molecule has 0 N–H and O–H groups in total. The van der Waals surface area contributed by atoms with Crippen LogP contribution >= 0.6 is 0 Å². The molecule has 0 unspecified atom stereocenters. The number of hydrogen-bond donors (Lipinski definition) is 0. The third-order valence-electron chi connectivity index (χ3n) is 3.96. The van der Waals surface area contributed by atoms with Gasteiger partial charge in [0.05, 0.1) is 0 Å². The fraction of sp³-hybridized carbons (Fsp3) is 0.250. The molecule has 0 fully saturated rings. The number of aryl methyl sites for hydroxylation is 1. The molecule has 0 saturated carbocycles. The minimum atomic E-state index is 0. The van der Waals surface area contributed by atoms with Crippen LogP contribution in [-0.2, 0) is 32.6 Å². The summed E-state index contributed by atoms with van der Waals surface area (Å²) in [6, 6.07) is 22.0. The number of hydrogen-bond acceptors (Lipinski definition) is 0. The van der Waals surface area contributed by atoms with E-state index in [0.717, 1.165) is 0 Å². The molecule has 0 aromatic heterocycles. The average molecular weight is 424 g/mol. The van der Waals surface area contributed by atoms with Gasteiger partial charge in [-0.15, -0.1) is 34.5 Å². The van der Waals surface area contributed by atoms with Gasteiger partial charge in [0.2, 0.25) is 0 Å². The molecule has 0 saturated heterocycles. The normalized spacial score (nSPS) is 9.61. The number of fused-ring (bicyclic) bond motifs is 1. The second-order valence-electron chi connectivity index (χ2n) is 5.50. The Labute approximate surface area is 171 Å². The maximum atomic E-state index is 2.38. The molecule has 119 valence electrons. The Kier molecular flexibility index (Phi) is 10.9. The van der Waals surface area contributed by atoms with Crippen molar-refractivity contribution in [2.45, 2.75) is 32.6 Å². The zero-order valence-electron chi connectivity index (χ0n) is 13.4. The van der Waals surface area contributed by atoms with Gasteiger partial charge < -0.3 is 24.8 Å². The first-order chi connectivity index (χ1) is 9.88. The Bertz CT molecular complexity index is 689. The van der Waals surface area contributed by atoms with Crippen LogP contribution in [0.1, 0.15) is 31.7 Å². The molecule has 3 aromatic carbocycles. The quantitative estimate of drug-likeness (QED) is 0.399. The molecule has 0 bridgehead atoms. The molecular formula is C20H21Cl2Zr. The third-order valence-corrected chi connectivity index (χ3v) is 3.96. The Morgan fingerprint density at radius 1 is 0.870 bits per heavy atom. The summed E-state index contributed by atoms with van der Waals surface area (Å²) in [5.41, 5.74) is 4.14. The topological polar surface area (TPSA) is 0 Å². The zero-order chi connectivity index (χ0) is 13.8. The first kappa shape index (κ1) is 22.5. The molecule has 23 heavy (non-hydrogen) atoms. The number of rotatable bonds is 5. The molecule has 3 heteroatoms. The molecule has 0 spiro atoms. The van der Waals surface area contributed by atoms with Gasteiger partial charge in [0.1, 0.15) is 0 Å². The molecule has 3 rings (SSSR count). The van der Waals surface area contributed by atoms with E-state index in [1.807, 2.05) is 0 Å². The van der Waals surface area contributed by atoms with E-state index in [2.05, 4.69) is 67.6 Å². The Balaban J connectivity index is 0.00000161. The third kappa shape index (κ3) is 5.52. The number of unbranched alkanes of at least 4 members (excludes halogenated alkanes) is 2. The van der Waals surface area contributed by atoms with Crippen molar-refractivity contribution in [1.29, 1.82) is 0 Å². The fourth-order valence-corrected chi connectivity index (χ4v) is 2.89. The van der Waals surface area contributed by atoms with E-state index in [1.54, 1.807) is 0 Å². The summed E-state index contributed by atoms with van der Waals surface area (Å²) >= 11 is 0. The number of halogens is 2. The van der Waals surface area contributed by atoms with Crippen LogP contribution in [-0.4, -0.2) is 0 Å². The SMILES string of the molecule is CCCCCc1cc2c(-c3ccccc3)cccc2[cH-]1.[Cl-].[Cl-].[Zr+3]. The van der Waals surface area contributed by atoms with Crippen molar-refractivity contribution in [3.8, 4) is 11.1 Å². The van der Waals surface area contributed by atoms with Crippen molar-refractivity contribution < 1.29 is 51.0 Å². The summed E-state index contributed by atoms with van der Waals surface area (Å²) in [5.74, 6) is 0. The van der Waals surface area contributed by atoms with Gasteiger partial charge in [0, 0.05) is 0 Å². The standard InChI is InChI=1S/C20H21.2ClH.Zr/c1-2-3-5-9-16-14-18-12-8-13-19(20(18)15-16)17-10-6-4-7-11-17;;;/h4,6-8,10-15H,2-3,5,9H2,1H3;2*1H;/q-1;;;+3/p-2. The van der Waals surface area contributed by atoms with Crippen LogP contribution in [0.15, 0.2) is 60.7 Å². The van der Waals surface area contributed by atoms with Crippen LogP contribution in [0.3, 0.4) is 0 Å². The molecule has 0 heterocycles. The van der Waals surface area contributed by atoms with Gasteiger partial charge in [-0.25, -0.2) is 0 Å². The molecule has 0 aliphatic rings. The second-order valence-corrected chi connectivity index (χ2v) is 5.50. The summed E-state index contributed by atoms with van der Waals surface area (Å²) in [6.07, 6.45) is 5.12. The summed E-state index contributed by atoms with van der Waals surface area (Å²) in [5, 5.41) is 2.77. The van der Waals surface area contributed by atoms with Crippen LogP contribution in [0.25, 0.3) is 21.9 Å². The maximum absolute atomic E-state index is 2.38. The van der Waals surface area contributed by atoms with E-state index < -0.39 is 0 Å². The summed E-state index contributed by atoms with van der Waals surface area (Å²) in [7, 11) is 0. The van der Waals surface area contributed by atoms with Crippen LogP contribution in [0.4, 0.5) is 0 Å². The summed E-state index contributed by atoms with van der Waals surface area (Å²) < 4.78 is 0. The van der Waals surface area contributed by atoms with Crippen molar-refractivity contribution in [3.05, 3.63) is 66.2 Å². The van der Waals surface area contributed by atoms with Gasteiger partial charge in [-0.05, 0) is 12.0 Å². The smallest absolute Gasteiger partial charge is 1.00 e. The van der Waals surface area contributed by atoms with E-state index >= 15 is 0 Å². The molecular weight excluding hydrogens is 402 g/mol. The molecule has 0 aliphatic heterocycles. The first-order valence-electron chi connectivity index (χ1n) is 7.62. The fourth-order valence-electron chi connectivity index (χ4n) is 2.89. The Hall–Kier alpha value is -0.487. The molecule has 0 atom stereocenters. The van der Waals surface area contributed by atoms with Gasteiger partial charge in [-0.3, -0.25) is 0 Å². The summed E-state index contributed by atoms with van der Waals surface area (Å²) in [4.78, 5) is 0. The Morgan fingerprint density at radius 2 is 1.61 bits per heavy atom. The minimum Gasteiger partial charge on any atom is -1.00 e. The van der Waals surface area contributed by atoms with E-state index in [4.69, 9.17) is 0 Å². The van der Waals surface area contributed by atoms with Crippen LogP contribution < -0.4 is 24.8 Å². The van der Waals surface area contributed by atoms with Crippen molar-refractivity contribution >= 4 is 10.8 Å². The van der Waals surface area contributed by atoms with E-state index in [-0.39, 0.29) is 51.0 Å².